The van der Waals surface area contributed by atoms with Gasteiger partial charge in [-0.2, -0.15) is 4.37 Å². The van der Waals surface area contributed by atoms with Crippen molar-refractivity contribution in [1.29, 1.82) is 0 Å². The van der Waals surface area contributed by atoms with Crippen molar-refractivity contribution in [2.75, 3.05) is 44.4 Å². The molecule has 5 nitrogen and oxygen atoms in total. The highest BCUT2D eigenvalue weighted by atomic mass is 32.1. The lowest BCUT2D eigenvalue weighted by Gasteiger charge is -2.22. The van der Waals surface area contributed by atoms with Crippen LogP contribution in [0.25, 0.3) is 11.1 Å². The van der Waals surface area contributed by atoms with Crippen LogP contribution in [0.1, 0.15) is 6.42 Å². The standard InChI is InChI=1S/C15H21N5S/c1-19-8-5-11(9-19)10-20(2)15-13(14(16)18-21-15)12-3-6-17-7-4-12/h3-4,6-7,11H,5,8-10H2,1-2H3,(H2,16,18). The summed E-state index contributed by atoms with van der Waals surface area (Å²) in [6, 6.07) is 3.97. The van der Waals surface area contributed by atoms with Gasteiger partial charge in [0.2, 0.25) is 0 Å². The van der Waals surface area contributed by atoms with Gasteiger partial charge < -0.3 is 15.5 Å². The molecule has 0 saturated carbocycles. The van der Waals surface area contributed by atoms with E-state index in [1.807, 2.05) is 12.1 Å². The summed E-state index contributed by atoms with van der Waals surface area (Å²) in [6.45, 7) is 3.41. The van der Waals surface area contributed by atoms with Gasteiger partial charge in [-0.25, -0.2) is 0 Å². The van der Waals surface area contributed by atoms with E-state index in [4.69, 9.17) is 5.73 Å². The number of likely N-dealkylation sites (tertiary alicyclic amines) is 1. The highest BCUT2D eigenvalue weighted by Gasteiger charge is 2.23. The maximum absolute atomic E-state index is 6.09. The van der Waals surface area contributed by atoms with E-state index < -0.39 is 0 Å². The van der Waals surface area contributed by atoms with E-state index in [-0.39, 0.29) is 0 Å². The Morgan fingerprint density at radius 3 is 2.86 bits per heavy atom. The number of hydrogen-bond donors (Lipinski definition) is 1. The number of rotatable bonds is 4. The smallest absolute Gasteiger partial charge is 0.147 e. The van der Waals surface area contributed by atoms with Crippen LogP contribution in [0, 0.1) is 5.92 Å². The molecule has 0 aliphatic carbocycles. The SMILES string of the molecule is CN1CCC(CN(C)c2snc(N)c2-c2ccncc2)C1. The minimum Gasteiger partial charge on any atom is -0.382 e. The quantitative estimate of drug-likeness (QED) is 0.938. The summed E-state index contributed by atoms with van der Waals surface area (Å²) in [6.07, 6.45) is 4.85. The zero-order chi connectivity index (χ0) is 14.8. The second kappa shape index (κ2) is 5.99. The molecule has 1 atom stereocenters. The summed E-state index contributed by atoms with van der Waals surface area (Å²) in [5.41, 5.74) is 8.21. The zero-order valence-corrected chi connectivity index (χ0v) is 13.3. The number of aromatic nitrogens is 2. The molecule has 2 aromatic heterocycles. The number of anilines is 2. The lowest BCUT2D eigenvalue weighted by Crippen LogP contribution is -2.26. The van der Waals surface area contributed by atoms with Gasteiger partial charge in [0.05, 0.1) is 5.56 Å². The van der Waals surface area contributed by atoms with Crippen molar-refractivity contribution in [1.82, 2.24) is 14.3 Å². The van der Waals surface area contributed by atoms with Gasteiger partial charge in [-0.3, -0.25) is 4.98 Å². The number of nitrogens with zero attached hydrogens (tertiary/aromatic N) is 4. The van der Waals surface area contributed by atoms with Crippen molar-refractivity contribution in [3.8, 4) is 11.1 Å². The summed E-state index contributed by atoms with van der Waals surface area (Å²) in [7, 11) is 4.32. The molecule has 0 bridgehead atoms. The van der Waals surface area contributed by atoms with Crippen LogP contribution < -0.4 is 10.6 Å². The summed E-state index contributed by atoms with van der Waals surface area (Å²) in [5.74, 6) is 1.32. The monoisotopic (exact) mass is 303 g/mol. The second-order valence-electron chi connectivity index (χ2n) is 5.78. The molecule has 112 valence electrons. The first-order valence-corrected chi connectivity index (χ1v) is 7.97. The Morgan fingerprint density at radius 1 is 1.43 bits per heavy atom. The fourth-order valence-corrected chi connectivity index (χ4v) is 3.79. The normalized spacial score (nSPS) is 19.0. The van der Waals surface area contributed by atoms with Crippen LogP contribution in [0.3, 0.4) is 0 Å². The molecule has 2 N–H and O–H groups in total. The predicted molar refractivity (Wildman–Crippen MR) is 88.6 cm³/mol. The lowest BCUT2D eigenvalue weighted by molar-refractivity contribution is 0.396. The Labute approximate surface area is 129 Å². The number of nitrogens with two attached hydrogens (primary N) is 1. The van der Waals surface area contributed by atoms with Crippen molar-refractivity contribution >= 4 is 22.4 Å². The third-order valence-electron chi connectivity index (χ3n) is 4.04. The molecule has 1 fully saturated rings. The molecule has 6 heteroatoms. The van der Waals surface area contributed by atoms with Gasteiger partial charge in [0.15, 0.2) is 0 Å². The minimum atomic E-state index is 0.608. The van der Waals surface area contributed by atoms with Crippen LogP contribution in [-0.2, 0) is 0 Å². The van der Waals surface area contributed by atoms with E-state index in [0.717, 1.165) is 22.7 Å². The molecule has 0 amide bonds. The van der Waals surface area contributed by atoms with Crippen molar-refractivity contribution in [2.45, 2.75) is 6.42 Å². The molecule has 1 aliphatic heterocycles. The van der Waals surface area contributed by atoms with Gasteiger partial charge in [-0.05, 0) is 55.2 Å². The van der Waals surface area contributed by atoms with Crippen LogP contribution in [-0.4, -0.2) is 48.0 Å². The molecule has 3 heterocycles. The molecular formula is C15H21N5S. The summed E-state index contributed by atoms with van der Waals surface area (Å²) in [4.78, 5) is 8.77. The van der Waals surface area contributed by atoms with Gasteiger partial charge in [0.25, 0.3) is 0 Å². The third kappa shape index (κ3) is 3.01. The Kier molecular flexibility index (Phi) is 4.07. The first-order valence-electron chi connectivity index (χ1n) is 7.20. The van der Waals surface area contributed by atoms with Gasteiger partial charge in [0, 0.05) is 32.5 Å². The Hall–Kier alpha value is -1.66. The van der Waals surface area contributed by atoms with Crippen LogP contribution in [0.2, 0.25) is 0 Å². The van der Waals surface area contributed by atoms with E-state index in [1.165, 1.54) is 31.0 Å². The molecule has 3 rings (SSSR count). The summed E-state index contributed by atoms with van der Waals surface area (Å²) in [5, 5.41) is 1.15. The van der Waals surface area contributed by atoms with Crippen LogP contribution in [0.15, 0.2) is 24.5 Å². The maximum atomic E-state index is 6.09. The number of nitrogen functional groups attached to an aromatic ring is 1. The molecule has 1 aliphatic rings. The average Bonchev–Trinajstić information content (AvgIpc) is 3.06. The van der Waals surface area contributed by atoms with Crippen molar-refractivity contribution in [2.24, 2.45) is 5.92 Å². The van der Waals surface area contributed by atoms with Gasteiger partial charge in [0.1, 0.15) is 10.8 Å². The third-order valence-corrected chi connectivity index (χ3v) is 5.01. The highest BCUT2D eigenvalue weighted by molar-refractivity contribution is 7.11. The van der Waals surface area contributed by atoms with Gasteiger partial charge in [-0.1, -0.05) is 0 Å². The molecule has 1 saturated heterocycles. The average molecular weight is 303 g/mol. The maximum Gasteiger partial charge on any atom is 0.147 e. The molecular weight excluding hydrogens is 282 g/mol. The van der Waals surface area contributed by atoms with Crippen LogP contribution >= 0.6 is 11.5 Å². The van der Waals surface area contributed by atoms with E-state index >= 15 is 0 Å². The number of hydrogen-bond acceptors (Lipinski definition) is 6. The molecule has 21 heavy (non-hydrogen) atoms. The molecule has 0 aromatic carbocycles. The molecule has 2 aromatic rings. The minimum absolute atomic E-state index is 0.608. The Balaban J connectivity index is 1.82. The van der Waals surface area contributed by atoms with Crippen molar-refractivity contribution in [3.05, 3.63) is 24.5 Å². The summed E-state index contributed by atoms with van der Waals surface area (Å²) >= 11 is 1.48. The molecule has 0 radical (unpaired) electrons. The molecule has 1 unspecified atom stereocenters. The fourth-order valence-electron chi connectivity index (χ4n) is 2.99. The van der Waals surface area contributed by atoms with Gasteiger partial charge >= 0.3 is 0 Å². The summed E-state index contributed by atoms with van der Waals surface area (Å²) < 4.78 is 4.35. The van der Waals surface area contributed by atoms with Crippen molar-refractivity contribution < 1.29 is 0 Å². The van der Waals surface area contributed by atoms with E-state index in [2.05, 4.69) is 33.3 Å². The van der Waals surface area contributed by atoms with Crippen LogP contribution in [0.5, 0.6) is 0 Å². The Morgan fingerprint density at radius 2 is 2.19 bits per heavy atom. The fraction of sp³-hybridized carbons (Fsp3) is 0.467. The van der Waals surface area contributed by atoms with E-state index in [1.54, 1.807) is 12.4 Å². The van der Waals surface area contributed by atoms with Crippen molar-refractivity contribution in [3.63, 3.8) is 0 Å². The topological polar surface area (TPSA) is 58.3 Å². The Bertz CT molecular complexity index is 597. The van der Waals surface area contributed by atoms with E-state index in [0.29, 0.717) is 11.7 Å². The van der Waals surface area contributed by atoms with Crippen LogP contribution in [0.4, 0.5) is 10.8 Å². The first-order chi connectivity index (χ1) is 10.1. The van der Waals surface area contributed by atoms with E-state index in [9.17, 15) is 0 Å². The largest absolute Gasteiger partial charge is 0.382 e. The molecule has 0 spiro atoms. The predicted octanol–water partition coefficient (Wildman–Crippen LogP) is 2.18. The second-order valence-corrected chi connectivity index (χ2v) is 6.53. The van der Waals surface area contributed by atoms with Gasteiger partial charge in [-0.15, -0.1) is 0 Å². The number of pyridine rings is 1. The first kappa shape index (κ1) is 14.3. The lowest BCUT2D eigenvalue weighted by atomic mass is 10.1. The highest BCUT2D eigenvalue weighted by Crippen LogP contribution is 2.39. The zero-order valence-electron chi connectivity index (χ0n) is 12.5.